The number of halogens is 1. The topological polar surface area (TPSA) is 59.8 Å². The number of benzene rings is 1. The number of hydrogen-bond donors (Lipinski definition) is 1. The number of hydrogen-bond acceptors (Lipinski definition) is 3. The molecule has 2 aliphatic rings. The molecule has 0 saturated heterocycles. The van der Waals surface area contributed by atoms with Gasteiger partial charge in [-0.25, -0.2) is 0 Å². The Morgan fingerprint density at radius 2 is 2.14 bits per heavy atom. The lowest BCUT2D eigenvalue weighted by molar-refractivity contribution is -0.122. The van der Waals surface area contributed by atoms with Gasteiger partial charge >= 0.3 is 0 Å². The summed E-state index contributed by atoms with van der Waals surface area (Å²) in [7, 11) is 0. The Kier molecular flexibility index (Phi) is 3.37. The van der Waals surface area contributed by atoms with Crippen LogP contribution in [0.2, 0.25) is 5.02 Å². The highest BCUT2D eigenvalue weighted by Gasteiger charge is 2.43. The zero-order chi connectivity index (χ0) is 15.1. The van der Waals surface area contributed by atoms with E-state index in [0.29, 0.717) is 12.5 Å². The number of rotatable bonds is 4. The van der Waals surface area contributed by atoms with Gasteiger partial charge in [-0.1, -0.05) is 23.7 Å². The first-order valence-corrected chi connectivity index (χ1v) is 8.04. The third-order valence-electron chi connectivity index (χ3n) is 4.53. The summed E-state index contributed by atoms with van der Waals surface area (Å²) in [5, 5.41) is 12.0. The van der Waals surface area contributed by atoms with Gasteiger partial charge in [-0.15, -0.1) is 10.2 Å². The van der Waals surface area contributed by atoms with Crippen molar-refractivity contribution in [3.63, 3.8) is 0 Å². The average Bonchev–Trinajstić information content (AvgIpc) is 3.01. The fraction of sp³-hybridized carbons (Fsp3) is 0.438. The average molecular weight is 317 g/mol. The van der Waals surface area contributed by atoms with E-state index in [-0.39, 0.29) is 11.8 Å². The predicted octanol–water partition coefficient (Wildman–Crippen LogP) is 2.30. The third kappa shape index (κ3) is 2.50. The zero-order valence-corrected chi connectivity index (χ0v) is 12.9. The molecular weight excluding hydrogens is 300 g/mol. The minimum absolute atomic E-state index is 0.0714. The van der Waals surface area contributed by atoms with Crippen molar-refractivity contribution in [2.45, 2.75) is 38.3 Å². The van der Waals surface area contributed by atoms with Crippen LogP contribution in [-0.4, -0.2) is 20.7 Å². The summed E-state index contributed by atoms with van der Waals surface area (Å²) in [6.45, 7) is 1.43. The van der Waals surface area contributed by atoms with Crippen LogP contribution in [0.3, 0.4) is 0 Å². The quantitative estimate of drug-likeness (QED) is 0.941. The number of nitrogens with zero attached hydrogens (tertiary/aromatic N) is 3. The molecule has 5 nitrogen and oxygen atoms in total. The van der Waals surface area contributed by atoms with Crippen molar-refractivity contribution < 1.29 is 4.79 Å². The monoisotopic (exact) mass is 316 g/mol. The summed E-state index contributed by atoms with van der Waals surface area (Å²) in [5.74, 6) is 2.40. The Hall–Kier alpha value is -1.88. The van der Waals surface area contributed by atoms with Crippen LogP contribution in [0.1, 0.15) is 36.0 Å². The van der Waals surface area contributed by atoms with Gasteiger partial charge in [0.2, 0.25) is 5.91 Å². The van der Waals surface area contributed by atoms with Gasteiger partial charge in [0, 0.05) is 23.9 Å². The number of nitrogens with one attached hydrogen (secondary N) is 1. The molecule has 1 N–H and O–H groups in total. The van der Waals surface area contributed by atoms with E-state index < -0.39 is 0 Å². The van der Waals surface area contributed by atoms with Crippen molar-refractivity contribution in [2.75, 3.05) is 0 Å². The van der Waals surface area contributed by atoms with Crippen LogP contribution in [0, 0.1) is 5.92 Å². The molecule has 2 heterocycles. The fourth-order valence-electron chi connectivity index (χ4n) is 3.20. The molecule has 1 aliphatic heterocycles. The maximum Gasteiger partial charge on any atom is 0.224 e. The highest BCUT2D eigenvalue weighted by atomic mass is 35.5. The minimum Gasteiger partial charge on any atom is -0.349 e. The Balaban J connectivity index is 1.35. The first kappa shape index (κ1) is 13.8. The Bertz CT molecular complexity index is 709. The Morgan fingerprint density at radius 3 is 2.95 bits per heavy atom. The van der Waals surface area contributed by atoms with Gasteiger partial charge < -0.3 is 9.88 Å². The number of amides is 1. The molecule has 1 aromatic heterocycles. The van der Waals surface area contributed by atoms with Gasteiger partial charge in [-0.05, 0) is 36.5 Å². The molecule has 4 rings (SSSR count). The number of aryl methyl sites for hydroxylation is 1. The van der Waals surface area contributed by atoms with Gasteiger partial charge in [0.15, 0.2) is 5.82 Å². The molecular formula is C16H17ClN4O. The van der Waals surface area contributed by atoms with Crippen molar-refractivity contribution in [2.24, 2.45) is 5.92 Å². The van der Waals surface area contributed by atoms with Crippen LogP contribution in [0.5, 0.6) is 0 Å². The molecule has 1 amide bonds. The largest absolute Gasteiger partial charge is 0.349 e. The molecule has 114 valence electrons. The van der Waals surface area contributed by atoms with E-state index >= 15 is 0 Å². The van der Waals surface area contributed by atoms with Crippen LogP contribution in [-0.2, 0) is 24.3 Å². The molecule has 0 unspecified atom stereocenters. The molecule has 1 aromatic carbocycles. The summed E-state index contributed by atoms with van der Waals surface area (Å²) in [4.78, 5) is 12.3. The second kappa shape index (κ2) is 5.39. The van der Waals surface area contributed by atoms with E-state index in [1.54, 1.807) is 0 Å². The molecule has 1 saturated carbocycles. The molecule has 22 heavy (non-hydrogen) atoms. The van der Waals surface area contributed by atoms with Crippen LogP contribution in [0.25, 0.3) is 0 Å². The molecule has 1 fully saturated rings. The van der Waals surface area contributed by atoms with E-state index in [1.165, 1.54) is 5.56 Å². The van der Waals surface area contributed by atoms with E-state index in [0.717, 1.165) is 42.5 Å². The zero-order valence-electron chi connectivity index (χ0n) is 12.1. The molecule has 6 heteroatoms. The Labute approximate surface area is 133 Å². The maximum atomic E-state index is 12.3. The molecule has 1 aliphatic carbocycles. The first-order valence-electron chi connectivity index (χ1n) is 7.66. The Morgan fingerprint density at radius 1 is 1.32 bits per heavy atom. The highest BCUT2D eigenvalue weighted by Crippen LogP contribution is 2.47. The van der Waals surface area contributed by atoms with Gasteiger partial charge in [-0.3, -0.25) is 4.79 Å². The van der Waals surface area contributed by atoms with Crippen molar-refractivity contribution in [3.8, 4) is 0 Å². The number of fused-ring (bicyclic) bond motifs is 1. The van der Waals surface area contributed by atoms with Crippen molar-refractivity contribution >= 4 is 17.5 Å². The smallest absolute Gasteiger partial charge is 0.224 e. The molecule has 0 bridgehead atoms. The number of carbonyl (C=O) groups is 1. The summed E-state index contributed by atoms with van der Waals surface area (Å²) < 4.78 is 2.11. The maximum absolute atomic E-state index is 12.3. The van der Waals surface area contributed by atoms with E-state index in [2.05, 4.69) is 20.1 Å². The molecule has 2 atom stereocenters. The normalized spacial score (nSPS) is 22.4. The summed E-state index contributed by atoms with van der Waals surface area (Å²) >= 11 is 5.89. The lowest BCUT2D eigenvalue weighted by Gasteiger charge is -2.06. The molecule has 2 aromatic rings. The minimum atomic E-state index is 0.0714. The first-order chi connectivity index (χ1) is 10.7. The second-order valence-electron chi connectivity index (χ2n) is 6.01. The van der Waals surface area contributed by atoms with Crippen LogP contribution in [0.15, 0.2) is 24.3 Å². The van der Waals surface area contributed by atoms with Crippen LogP contribution >= 0.6 is 11.6 Å². The standard InChI is InChI=1S/C16H17ClN4O/c17-11-5-3-10(4-6-11)12-8-13(12)16(22)18-9-15-20-19-14-2-1-7-21(14)15/h3-6,12-13H,1-2,7-9H2,(H,18,22)/t12-,13+/m0/s1. The van der Waals surface area contributed by atoms with Crippen molar-refractivity contribution in [1.29, 1.82) is 0 Å². The lowest BCUT2D eigenvalue weighted by atomic mass is 10.1. The van der Waals surface area contributed by atoms with Gasteiger partial charge in [0.05, 0.1) is 6.54 Å². The SMILES string of the molecule is O=C(NCc1nnc2n1CCC2)[C@@H]1C[C@H]1c1ccc(Cl)cc1. The van der Waals surface area contributed by atoms with Crippen molar-refractivity contribution in [1.82, 2.24) is 20.1 Å². The van der Waals surface area contributed by atoms with E-state index in [9.17, 15) is 4.79 Å². The second-order valence-corrected chi connectivity index (χ2v) is 6.44. The molecule has 0 spiro atoms. The van der Waals surface area contributed by atoms with Crippen LogP contribution in [0.4, 0.5) is 0 Å². The lowest BCUT2D eigenvalue weighted by Crippen LogP contribution is -2.26. The fourth-order valence-corrected chi connectivity index (χ4v) is 3.33. The van der Waals surface area contributed by atoms with Gasteiger partial charge in [-0.2, -0.15) is 0 Å². The summed E-state index contributed by atoms with van der Waals surface area (Å²) in [6.07, 6.45) is 3.01. The van der Waals surface area contributed by atoms with Gasteiger partial charge in [0.1, 0.15) is 5.82 Å². The number of carbonyl (C=O) groups excluding carboxylic acids is 1. The summed E-state index contributed by atoms with van der Waals surface area (Å²) in [5.41, 5.74) is 1.19. The third-order valence-corrected chi connectivity index (χ3v) is 4.78. The van der Waals surface area contributed by atoms with Gasteiger partial charge in [0.25, 0.3) is 0 Å². The predicted molar refractivity (Wildman–Crippen MR) is 82.5 cm³/mol. The number of aromatic nitrogens is 3. The van der Waals surface area contributed by atoms with Crippen molar-refractivity contribution in [3.05, 3.63) is 46.5 Å². The molecule has 0 radical (unpaired) electrons. The summed E-state index contributed by atoms with van der Waals surface area (Å²) in [6, 6.07) is 7.77. The van der Waals surface area contributed by atoms with E-state index in [4.69, 9.17) is 11.6 Å². The highest BCUT2D eigenvalue weighted by molar-refractivity contribution is 6.30. The van der Waals surface area contributed by atoms with Crippen LogP contribution < -0.4 is 5.32 Å². The van der Waals surface area contributed by atoms with E-state index in [1.807, 2.05) is 24.3 Å².